The summed E-state index contributed by atoms with van der Waals surface area (Å²) in [5.74, 6) is 1.41. The minimum Gasteiger partial charge on any atom is -0.508 e. The van der Waals surface area contributed by atoms with Crippen molar-refractivity contribution in [3.8, 4) is 5.75 Å². The van der Waals surface area contributed by atoms with Crippen molar-refractivity contribution in [2.24, 2.45) is 0 Å². The summed E-state index contributed by atoms with van der Waals surface area (Å²) >= 11 is 0. The number of phenols is 1. The van der Waals surface area contributed by atoms with Gasteiger partial charge in [-0.05, 0) is 37.3 Å². The van der Waals surface area contributed by atoms with Gasteiger partial charge < -0.3 is 14.8 Å². The van der Waals surface area contributed by atoms with Crippen LogP contribution in [0.1, 0.15) is 17.1 Å². The van der Waals surface area contributed by atoms with Gasteiger partial charge in [-0.3, -0.25) is 0 Å². The molecule has 0 bridgehead atoms. The van der Waals surface area contributed by atoms with E-state index in [1.165, 1.54) is 18.2 Å². The number of rotatable bonds is 4. The lowest BCUT2D eigenvalue weighted by atomic mass is 10.2. The SMILES string of the molecule is Cc1ccc(CNCc2cc(F)ccc2O)o1. The molecule has 90 valence electrons. The summed E-state index contributed by atoms with van der Waals surface area (Å²) in [7, 11) is 0. The summed E-state index contributed by atoms with van der Waals surface area (Å²) in [5.41, 5.74) is 0.535. The molecule has 2 N–H and O–H groups in total. The molecule has 0 fully saturated rings. The number of aromatic hydroxyl groups is 1. The Morgan fingerprint density at radius 2 is 2.06 bits per heavy atom. The maximum absolute atomic E-state index is 12.9. The Bertz CT molecular complexity index is 508. The van der Waals surface area contributed by atoms with Crippen LogP contribution in [-0.4, -0.2) is 5.11 Å². The van der Waals surface area contributed by atoms with Crippen molar-refractivity contribution in [1.29, 1.82) is 0 Å². The fraction of sp³-hybridized carbons (Fsp3) is 0.231. The molecule has 1 heterocycles. The second kappa shape index (κ2) is 5.01. The Labute approximate surface area is 98.9 Å². The van der Waals surface area contributed by atoms with Gasteiger partial charge in [0.1, 0.15) is 23.1 Å². The second-order valence-electron chi connectivity index (χ2n) is 3.89. The molecule has 3 nitrogen and oxygen atoms in total. The molecule has 4 heteroatoms. The minimum absolute atomic E-state index is 0.0922. The van der Waals surface area contributed by atoms with Crippen molar-refractivity contribution < 1.29 is 13.9 Å². The number of hydrogen-bond acceptors (Lipinski definition) is 3. The maximum Gasteiger partial charge on any atom is 0.123 e. The molecule has 0 unspecified atom stereocenters. The molecule has 0 atom stereocenters. The second-order valence-corrected chi connectivity index (χ2v) is 3.89. The zero-order valence-electron chi connectivity index (χ0n) is 9.53. The highest BCUT2D eigenvalue weighted by molar-refractivity contribution is 5.32. The Balaban J connectivity index is 1.91. The van der Waals surface area contributed by atoms with Crippen molar-refractivity contribution >= 4 is 0 Å². The highest BCUT2D eigenvalue weighted by Gasteiger charge is 2.03. The summed E-state index contributed by atoms with van der Waals surface area (Å²) in [5, 5.41) is 12.6. The van der Waals surface area contributed by atoms with E-state index in [0.717, 1.165) is 11.5 Å². The van der Waals surface area contributed by atoms with Crippen LogP contribution in [0.4, 0.5) is 4.39 Å². The third-order valence-corrected chi connectivity index (χ3v) is 2.45. The molecule has 0 radical (unpaired) electrons. The summed E-state index contributed by atoms with van der Waals surface area (Å²) in [4.78, 5) is 0. The highest BCUT2D eigenvalue weighted by atomic mass is 19.1. The van der Waals surface area contributed by atoms with Crippen molar-refractivity contribution in [1.82, 2.24) is 5.32 Å². The molecule has 0 aliphatic rings. The van der Waals surface area contributed by atoms with Crippen LogP contribution in [-0.2, 0) is 13.1 Å². The first-order valence-electron chi connectivity index (χ1n) is 5.38. The molecule has 17 heavy (non-hydrogen) atoms. The third kappa shape index (κ3) is 3.07. The molecule has 1 aromatic carbocycles. The molecule has 1 aromatic heterocycles. The third-order valence-electron chi connectivity index (χ3n) is 2.45. The maximum atomic E-state index is 12.9. The zero-order valence-corrected chi connectivity index (χ0v) is 9.53. The van der Waals surface area contributed by atoms with E-state index in [9.17, 15) is 9.50 Å². The van der Waals surface area contributed by atoms with Gasteiger partial charge in [0, 0.05) is 12.1 Å². The van der Waals surface area contributed by atoms with E-state index in [1.54, 1.807) is 0 Å². The average molecular weight is 235 g/mol. The van der Waals surface area contributed by atoms with Crippen LogP contribution in [0.5, 0.6) is 5.75 Å². The number of benzene rings is 1. The Kier molecular flexibility index (Phi) is 3.44. The summed E-state index contributed by atoms with van der Waals surface area (Å²) < 4.78 is 18.3. The fourth-order valence-electron chi connectivity index (χ4n) is 1.60. The normalized spacial score (nSPS) is 10.7. The van der Waals surface area contributed by atoms with Crippen LogP contribution in [0.25, 0.3) is 0 Å². The lowest BCUT2D eigenvalue weighted by Gasteiger charge is -2.05. The smallest absolute Gasteiger partial charge is 0.123 e. The predicted octanol–water partition coefficient (Wildman–Crippen LogP) is 2.72. The van der Waals surface area contributed by atoms with Gasteiger partial charge in [0.25, 0.3) is 0 Å². The van der Waals surface area contributed by atoms with E-state index in [-0.39, 0.29) is 11.6 Å². The molecular formula is C13H14FNO2. The van der Waals surface area contributed by atoms with Crippen LogP contribution in [0.3, 0.4) is 0 Å². The molecule has 0 amide bonds. The largest absolute Gasteiger partial charge is 0.508 e. The lowest BCUT2D eigenvalue weighted by Crippen LogP contribution is -2.12. The van der Waals surface area contributed by atoms with Crippen LogP contribution in [0.2, 0.25) is 0 Å². The van der Waals surface area contributed by atoms with Gasteiger partial charge >= 0.3 is 0 Å². The number of phenolic OH excluding ortho intramolecular Hbond substituents is 1. The lowest BCUT2D eigenvalue weighted by molar-refractivity contribution is 0.447. The first kappa shape index (κ1) is 11.7. The summed E-state index contributed by atoms with van der Waals surface area (Å²) in [6.07, 6.45) is 0. The van der Waals surface area contributed by atoms with Crippen LogP contribution >= 0.6 is 0 Å². The van der Waals surface area contributed by atoms with Gasteiger partial charge in [-0.1, -0.05) is 0 Å². The molecule has 2 rings (SSSR count). The standard InChI is InChI=1S/C13H14FNO2/c1-9-2-4-12(17-9)8-15-7-10-6-11(14)3-5-13(10)16/h2-6,15-16H,7-8H2,1H3. The Morgan fingerprint density at radius 1 is 1.24 bits per heavy atom. The van der Waals surface area contributed by atoms with E-state index < -0.39 is 0 Å². The topological polar surface area (TPSA) is 45.4 Å². The quantitative estimate of drug-likeness (QED) is 0.856. The van der Waals surface area contributed by atoms with Crippen molar-refractivity contribution in [3.05, 3.63) is 53.2 Å². The van der Waals surface area contributed by atoms with E-state index in [0.29, 0.717) is 18.7 Å². The monoisotopic (exact) mass is 235 g/mol. The van der Waals surface area contributed by atoms with Crippen molar-refractivity contribution in [3.63, 3.8) is 0 Å². The number of aryl methyl sites for hydroxylation is 1. The van der Waals surface area contributed by atoms with Crippen molar-refractivity contribution in [2.45, 2.75) is 20.0 Å². The molecule has 0 saturated heterocycles. The van der Waals surface area contributed by atoms with Gasteiger partial charge in [0.2, 0.25) is 0 Å². The van der Waals surface area contributed by atoms with Gasteiger partial charge in [-0.15, -0.1) is 0 Å². The van der Waals surface area contributed by atoms with E-state index >= 15 is 0 Å². The number of hydrogen-bond donors (Lipinski definition) is 2. The van der Waals surface area contributed by atoms with Crippen molar-refractivity contribution in [2.75, 3.05) is 0 Å². The van der Waals surface area contributed by atoms with Gasteiger partial charge in [0.15, 0.2) is 0 Å². The van der Waals surface area contributed by atoms with E-state index in [2.05, 4.69) is 5.32 Å². The Hall–Kier alpha value is -1.81. The highest BCUT2D eigenvalue weighted by Crippen LogP contribution is 2.17. The van der Waals surface area contributed by atoms with Gasteiger partial charge in [0.05, 0.1) is 6.54 Å². The molecule has 0 aliphatic heterocycles. The predicted molar refractivity (Wildman–Crippen MR) is 62.1 cm³/mol. The first-order valence-corrected chi connectivity index (χ1v) is 5.38. The molecule has 0 saturated carbocycles. The van der Waals surface area contributed by atoms with Crippen LogP contribution in [0, 0.1) is 12.7 Å². The van der Waals surface area contributed by atoms with Gasteiger partial charge in [-0.25, -0.2) is 4.39 Å². The Morgan fingerprint density at radius 3 is 2.76 bits per heavy atom. The zero-order chi connectivity index (χ0) is 12.3. The van der Waals surface area contributed by atoms with E-state index in [4.69, 9.17) is 4.42 Å². The van der Waals surface area contributed by atoms with Crippen LogP contribution < -0.4 is 5.32 Å². The number of halogens is 1. The fourth-order valence-corrected chi connectivity index (χ4v) is 1.60. The summed E-state index contributed by atoms with van der Waals surface area (Å²) in [6.45, 7) is 2.81. The summed E-state index contributed by atoms with van der Waals surface area (Å²) in [6, 6.07) is 7.66. The minimum atomic E-state index is -0.353. The molecular weight excluding hydrogens is 221 g/mol. The molecule has 0 spiro atoms. The number of furan rings is 1. The average Bonchev–Trinajstić information content (AvgIpc) is 2.69. The molecule has 2 aromatic rings. The molecule has 0 aliphatic carbocycles. The van der Waals surface area contributed by atoms with Crippen LogP contribution in [0.15, 0.2) is 34.7 Å². The first-order chi connectivity index (χ1) is 8.15. The van der Waals surface area contributed by atoms with E-state index in [1.807, 2.05) is 19.1 Å². The van der Waals surface area contributed by atoms with Gasteiger partial charge in [-0.2, -0.15) is 0 Å². The number of nitrogens with one attached hydrogen (secondary N) is 1.